The van der Waals surface area contributed by atoms with E-state index in [0.717, 1.165) is 19.6 Å². The topological polar surface area (TPSA) is 50.3 Å². The van der Waals surface area contributed by atoms with Gasteiger partial charge in [0.25, 0.3) is 0 Å². The summed E-state index contributed by atoms with van der Waals surface area (Å²) in [5.74, 6) is 0. The number of unbranched alkanes of at least 4 members (excludes halogenated alkanes) is 2. The molecular weight excluding hydrogens is 250 g/mol. The van der Waals surface area contributed by atoms with Crippen molar-refractivity contribution in [2.45, 2.75) is 39.3 Å². The lowest BCUT2D eigenvalue weighted by Gasteiger charge is -2.34. The first-order valence-electron chi connectivity index (χ1n) is 7.98. The predicted molar refractivity (Wildman–Crippen MR) is 82.5 cm³/mol. The SMILES string of the molecule is CCn1cc(CN2CCN(CCCCCN)CC2)cn1. The van der Waals surface area contributed by atoms with Crippen molar-refractivity contribution in [1.29, 1.82) is 0 Å². The first-order valence-corrected chi connectivity index (χ1v) is 7.98. The Bertz CT molecular complexity index is 368. The Kier molecular flexibility index (Phi) is 6.50. The highest BCUT2D eigenvalue weighted by Crippen LogP contribution is 2.09. The number of rotatable bonds is 8. The molecule has 0 aromatic carbocycles. The number of aryl methyl sites for hydroxylation is 1. The minimum Gasteiger partial charge on any atom is -0.330 e. The average Bonchev–Trinajstić information content (AvgIpc) is 2.93. The maximum atomic E-state index is 5.52. The molecule has 20 heavy (non-hydrogen) atoms. The fourth-order valence-electron chi connectivity index (χ4n) is 2.75. The molecule has 0 aliphatic carbocycles. The molecule has 1 fully saturated rings. The summed E-state index contributed by atoms with van der Waals surface area (Å²) in [5, 5.41) is 4.34. The van der Waals surface area contributed by atoms with E-state index in [1.807, 2.05) is 10.9 Å². The van der Waals surface area contributed by atoms with Crippen LogP contribution in [-0.2, 0) is 13.1 Å². The van der Waals surface area contributed by atoms with Gasteiger partial charge in [0, 0.05) is 51.0 Å². The summed E-state index contributed by atoms with van der Waals surface area (Å²) in [5.41, 5.74) is 6.86. The molecule has 0 unspecified atom stereocenters. The molecule has 114 valence electrons. The fourth-order valence-corrected chi connectivity index (χ4v) is 2.75. The Labute approximate surface area is 122 Å². The van der Waals surface area contributed by atoms with E-state index in [0.29, 0.717) is 0 Å². The third-order valence-corrected chi connectivity index (χ3v) is 4.06. The summed E-state index contributed by atoms with van der Waals surface area (Å²) in [6, 6.07) is 0. The van der Waals surface area contributed by atoms with Gasteiger partial charge in [0.1, 0.15) is 0 Å². The second-order valence-electron chi connectivity index (χ2n) is 5.67. The maximum Gasteiger partial charge on any atom is 0.0534 e. The molecule has 0 saturated carbocycles. The Morgan fingerprint density at radius 3 is 2.50 bits per heavy atom. The zero-order valence-corrected chi connectivity index (χ0v) is 12.8. The monoisotopic (exact) mass is 279 g/mol. The quantitative estimate of drug-likeness (QED) is 0.725. The van der Waals surface area contributed by atoms with E-state index in [9.17, 15) is 0 Å². The van der Waals surface area contributed by atoms with Gasteiger partial charge in [-0.3, -0.25) is 9.58 Å². The Hall–Kier alpha value is -0.910. The van der Waals surface area contributed by atoms with Crippen LogP contribution in [0.1, 0.15) is 31.7 Å². The second kappa shape index (κ2) is 8.39. The molecule has 2 rings (SSSR count). The smallest absolute Gasteiger partial charge is 0.0534 e. The molecule has 1 aromatic rings. The molecule has 1 aliphatic rings. The molecule has 1 aromatic heterocycles. The van der Waals surface area contributed by atoms with Crippen LogP contribution in [0.5, 0.6) is 0 Å². The van der Waals surface area contributed by atoms with E-state index in [2.05, 4.69) is 28.0 Å². The molecule has 0 spiro atoms. The molecule has 2 N–H and O–H groups in total. The lowest BCUT2D eigenvalue weighted by molar-refractivity contribution is 0.125. The van der Waals surface area contributed by atoms with Crippen LogP contribution in [0, 0.1) is 0 Å². The van der Waals surface area contributed by atoms with Crippen LogP contribution in [-0.4, -0.2) is 58.8 Å². The second-order valence-corrected chi connectivity index (χ2v) is 5.67. The third-order valence-electron chi connectivity index (χ3n) is 4.06. The van der Waals surface area contributed by atoms with Crippen LogP contribution < -0.4 is 5.73 Å². The van der Waals surface area contributed by atoms with Crippen molar-refractivity contribution < 1.29 is 0 Å². The lowest BCUT2D eigenvalue weighted by Crippen LogP contribution is -2.46. The van der Waals surface area contributed by atoms with Gasteiger partial charge < -0.3 is 10.6 Å². The summed E-state index contributed by atoms with van der Waals surface area (Å²) in [6.45, 7) is 10.9. The minimum atomic E-state index is 0.833. The molecule has 0 amide bonds. The summed E-state index contributed by atoms with van der Waals surface area (Å²) in [7, 11) is 0. The first kappa shape index (κ1) is 15.5. The Balaban J connectivity index is 1.63. The van der Waals surface area contributed by atoms with Gasteiger partial charge >= 0.3 is 0 Å². The van der Waals surface area contributed by atoms with Crippen molar-refractivity contribution in [2.24, 2.45) is 5.73 Å². The summed E-state index contributed by atoms with van der Waals surface area (Å²) in [6.07, 6.45) is 7.90. The zero-order valence-electron chi connectivity index (χ0n) is 12.8. The maximum absolute atomic E-state index is 5.52. The van der Waals surface area contributed by atoms with Crippen LogP contribution >= 0.6 is 0 Å². The number of hydrogen-bond acceptors (Lipinski definition) is 4. The Morgan fingerprint density at radius 1 is 1.10 bits per heavy atom. The van der Waals surface area contributed by atoms with Crippen molar-refractivity contribution in [3.8, 4) is 0 Å². The normalized spacial score (nSPS) is 17.7. The van der Waals surface area contributed by atoms with E-state index >= 15 is 0 Å². The van der Waals surface area contributed by atoms with Crippen LogP contribution in [0.15, 0.2) is 12.4 Å². The molecule has 1 saturated heterocycles. The molecule has 0 radical (unpaired) electrons. The number of nitrogens with zero attached hydrogens (tertiary/aromatic N) is 4. The average molecular weight is 279 g/mol. The van der Waals surface area contributed by atoms with Gasteiger partial charge in [-0.15, -0.1) is 0 Å². The standard InChI is InChI=1S/C15H29N5/c1-2-20-14-15(12-17-20)13-19-10-8-18(9-11-19)7-5-3-4-6-16/h12,14H,2-11,13,16H2,1H3. The molecule has 2 heterocycles. The van der Waals surface area contributed by atoms with Gasteiger partial charge in [-0.05, 0) is 32.9 Å². The lowest BCUT2D eigenvalue weighted by atomic mass is 10.2. The van der Waals surface area contributed by atoms with Crippen LogP contribution in [0.3, 0.4) is 0 Å². The van der Waals surface area contributed by atoms with Crippen molar-refractivity contribution in [3.05, 3.63) is 18.0 Å². The molecule has 0 atom stereocenters. The number of hydrogen-bond donors (Lipinski definition) is 1. The third kappa shape index (κ3) is 4.89. The highest BCUT2D eigenvalue weighted by Gasteiger charge is 2.16. The summed E-state index contributed by atoms with van der Waals surface area (Å²) in [4.78, 5) is 5.12. The van der Waals surface area contributed by atoms with Gasteiger partial charge in [0.2, 0.25) is 0 Å². The molecule has 1 aliphatic heterocycles. The van der Waals surface area contributed by atoms with Crippen molar-refractivity contribution >= 4 is 0 Å². The van der Waals surface area contributed by atoms with Gasteiger partial charge in [-0.1, -0.05) is 6.42 Å². The molecular formula is C15H29N5. The first-order chi connectivity index (χ1) is 9.81. The molecule has 5 nitrogen and oxygen atoms in total. The van der Waals surface area contributed by atoms with Gasteiger partial charge in [0.15, 0.2) is 0 Å². The van der Waals surface area contributed by atoms with Crippen molar-refractivity contribution in [2.75, 3.05) is 39.3 Å². The van der Waals surface area contributed by atoms with E-state index < -0.39 is 0 Å². The van der Waals surface area contributed by atoms with Crippen molar-refractivity contribution in [1.82, 2.24) is 19.6 Å². The summed E-state index contributed by atoms with van der Waals surface area (Å²) < 4.78 is 2.00. The van der Waals surface area contributed by atoms with Crippen LogP contribution in [0.2, 0.25) is 0 Å². The van der Waals surface area contributed by atoms with E-state index in [1.165, 1.54) is 57.5 Å². The fraction of sp³-hybridized carbons (Fsp3) is 0.800. The molecule has 0 bridgehead atoms. The van der Waals surface area contributed by atoms with E-state index in [4.69, 9.17) is 5.73 Å². The predicted octanol–water partition coefficient (Wildman–Crippen LogP) is 1.15. The van der Waals surface area contributed by atoms with Crippen LogP contribution in [0.25, 0.3) is 0 Å². The molecule has 5 heteroatoms. The van der Waals surface area contributed by atoms with Crippen LogP contribution in [0.4, 0.5) is 0 Å². The van der Waals surface area contributed by atoms with Gasteiger partial charge in [-0.25, -0.2) is 0 Å². The van der Waals surface area contributed by atoms with Gasteiger partial charge in [0.05, 0.1) is 6.20 Å². The summed E-state index contributed by atoms with van der Waals surface area (Å²) >= 11 is 0. The number of piperazine rings is 1. The highest BCUT2D eigenvalue weighted by atomic mass is 15.3. The van der Waals surface area contributed by atoms with Crippen molar-refractivity contribution in [3.63, 3.8) is 0 Å². The number of aromatic nitrogens is 2. The van der Waals surface area contributed by atoms with E-state index in [1.54, 1.807) is 0 Å². The van der Waals surface area contributed by atoms with E-state index in [-0.39, 0.29) is 0 Å². The highest BCUT2D eigenvalue weighted by molar-refractivity contribution is 5.03. The largest absolute Gasteiger partial charge is 0.330 e. The Morgan fingerprint density at radius 2 is 1.85 bits per heavy atom. The minimum absolute atomic E-state index is 0.833. The zero-order chi connectivity index (χ0) is 14.2. The van der Waals surface area contributed by atoms with Gasteiger partial charge in [-0.2, -0.15) is 5.10 Å². The number of nitrogens with two attached hydrogens (primary N) is 1.